The average Bonchev–Trinajstić information content (AvgIpc) is 3.08. The Hall–Kier alpha value is -1.60. The molecule has 1 unspecified atom stereocenters. The Morgan fingerprint density at radius 3 is 2.61 bits per heavy atom. The fourth-order valence-corrected chi connectivity index (χ4v) is 3.08. The normalized spacial score (nSPS) is 17.7. The van der Waals surface area contributed by atoms with Crippen LogP contribution in [0.4, 0.5) is 0 Å². The number of carbonyl (C=O) groups is 2. The Morgan fingerprint density at radius 1 is 1.43 bits per heavy atom. The van der Waals surface area contributed by atoms with Crippen LogP contribution in [-0.4, -0.2) is 60.2 Å². The van der Waals surface area contributed by atoms with Crippen molar-refractivity contribution < 1.29 is 9.59 Å². The van der Waals surface area contributed by atoms with Gasteiger partial charge in [-0.05, 0) is 32.0 Å². The van der Waals surface area contributed by atoms with Gasteiger partial charge in [-0.2, -0.15) is 5.10 Å². The molecule has 1 aliphatic rings. The van der Waals surface area contributed by atoms with Gasteiger partial charge in [0, 0.05) is 33.0 Å². The minimum absolute atomic E-state index is 0. The first-order chi connectivity index (χ1) is 10.5. The molecule has 2 heterocycles. The lowest BCUT2D eigenvalue weighted by Gasteiger charge is -2.39. The first kappa shape index (κ1) is 19.4. The van der Waals surface area contributed by atoms with Crippen molar-refractivity contribution in [3.05, 3.63) is 18.5 Å². The van der Waals surface area contributed by atoms with Gasteiger partial charge in [-0.15, -0.1) is 12.4 Å². The van der Waals surface area contributed by atoms with E-state index in [9.17, 15) is 9.59 Å². The third-order valence-electron chi connectivity index (χ3n) is 4.36. The van der Waals surface area contributed by atoms with Crippen LogP contribution in [0.1, 0.15) is 19.8 Å². The quantitative estimate of drug-likeness (QED) is 0.802. The Balaban J connectivity index is 0.00000264. The van der Waals surface area contributed by atoms with Crippen LogP contribution in [0.3, 0.4) is 0 Å². The highest BCUT2D eigenvalue weighted by Gasteiger charge is 2.43. The molecule has 2 N–H and O–H groups in total. The van der Waals surface area contributed by atoms with E-state index in [1.165, 1.54) is 0 Å². The van der Waals surface area contributed by atoms with Crippen LogP contribution in [0, 0.1) is 5.92 Å². The monoisotopic (exact) mass is 343 g/mol. The maximum atomic E-state index is 13.1. The summed E-state index contributed by atoms with van der Waals surface area (Å²) in [6.45, 7) is 3.79. The van der Waals surface area contributed by atoms with Gasteiger partial charge in [0.2, 0.25) is 11.8 Å². The second-order valence-corrected chi connectivity index (χ2v) is 5.93. The van der Waals surface area contributed by atoms with Gasteiger partial charge in [0.25, 0.3) is 0 Å². The maximum Gasteiger partial charge on any atom is 0.250 e. The molecule has 8 heteroatoms. The van der Waals surface area contributed by atoms with Crippen molar-refractivity contribution in [3.8, 4) is 0 Å². The minimum Gasteiger partial charge on any atom is -0.359 e. The largest absolute Gasteiger partial charge is 0.359 e. The van der Waals surface area contributed by atoms with E-state index in [4.69, 9.17) is 0 Å². The van der Waals surface area contributed by atoms with E-state index in [1.807, 2.05) is 19.2 Å². The molecule has 0 spiro atoms. The highest BCUT2D eigenvalue weighted by atomic mass is 35.5. The topological polar surface area (TPSA) is 79.3 Å². The van der Waals surface area contributed by atoms with Crippen molar-refractivity contribution >= 4 is 24.2 Å². The zero-order valence-corrected chi connectivity index (χ0v) is 14.7. The summed E-state index contributed by atoms with van der Waals surface area (Å²) in [4.78, 5) is 26.4. The average molecular weight is 344 g/mol. The van der Waals surface area contributed by atoms with E-state index in [0.29, 0.717) is 19.4 Å². The molecule has 130 valence electrons. The summed E-state index contributed by atoms with van der Waals surface area (Å²) in [6.07, 6.45) is 4.95. The second-order valence-electron chi connectivity index (χ2n) is 5.93. The van der Waals surface area contributed by atoms with Crippen LogP contribution in [0.25, 0.3) is 0 Å². The van der Waals surface area contributed by atoms with Crippen molar-refractivity contribution in [2.24, 2.45) is 5.92 Å². The van der Waals surface area contributed by atoms with Crippen LogP contribution in [0.2, 0.25) is 0 Å². The van der Waals surface area contributed by atoms with Crippen LogP contribution >= 0.6 is 12.4 Å². The molecule has 23 heavy (non-hydrogen) atoms. The number of nitrogens with one attached hydrogen (secondary N) is 2. The number of hydrogen-bond donors (Lipinski definition) is 2. The van der Waals surface area contributed by atoms with Crippen LogP contribution < -0.4 is 10.6 Å². The molecule has 2 amide bonds. The summed E-state index contributed by atoms with van der Waals surface area (Å²) in [6, 6.07) is 1.84. The lowest BCUT2D eigenvalue weighted by atomic mass is 9.86. The van der Waals surface area contributed by atoms with Gasteiger partial charge in [-0.3, -0.25) is 14.3 Å². The number of aromatic nitrogens is 2. The van der Waals surface area contributed by atoms with E-state index < -0.39 is 5.54 Å². The molecule has 0 saturated carbocycles. The summed E-state index contributed by atoms with van der Waals surface area (Å²) < 4.78 is 1.78. The fourth-order valence-electron chi connectivity index (χ4n) is 3.08. The highest BCUT2D eigenvalue weighted by Crippen LogP contribution is 2.29. The number of likely N-dealkylation sites (N-methyl/N-ethyl adjacent to an activating group) is 1. The molecule has 0 aliphatic carbocycles. The Morgan fingerprint density at radius 2 is 2.09 bits per heavy atom. The number of piperidine rings is 1. The third kappa shape index (κ3) is 4.03. The zero-order chi connectivity index (χ0) is 16.2. The summed E-state index contributed by atoms with van der Waals surface area (Å²) in [5, 5.41) is 10.2. The molecular formula is C15H26ClN5O2. The Kier molecular flexibility index (Phi) is 7.02. The molecule has 1 saturated heterocycles. The van der Waals surface area contributed by atoms with Crippen LogP contribution in [0.15, 0.2) is 18.5 Å². The first-order valence-electron chi connectivity index (χ1n) is 7.69. The minimum atomic E-state index is -0.647. The van der Waals surface area contributed by atoms with Crippen molar-refractivity contribution in [3.63, 3.8) is 0 Å². The molecule has 1 fully saturated rings. The molecule has 2 rings (SSSR count). The third-order valence-corrected chi connectivity index (χ3v) is 4.36. The Bertz CT molecular complexity index is 514. The predicted molar refractivity (Wildman–Crippen MR) is 90.4 cm³/mol. The zero-order valence-electron chi connectivity index (χ0n) is 13.9. The van der Waals surface area contributed by atoms with E-state index in [1.54, 1.807) is 29.9 Å². The SMILES string of the molecule is CNC(=O)C(C)CN(C)C(=O)C1(n2cccn2)CCNCC1.Cl. The summed E-state index contributed by atoms with van der Waals surface area (Å²) in [5.41, 5.74) is -0.647. The molecule has 0 aromatic carbocycles. The van der Waals surface area contributed by atoms with Crippen LogP contribution in [-0.2, 0) is 15.1 Å². The molecule has 1 aliphatic heterocycles. The van der Waals surface area contributed by atoms with Gasteiger partial charge < -0.3 is 15.5 Å². The molecule has 1 aromatic heterocycles. The van der Waals surface area contributed by atoms with Crippen molar-refractivity contribution in [2.45, 2.75) is 25.3 Å². The van der Waals surface area contributed by atoms with E-state index in [2.05, 4.69) is 15.7 Å². The maximum absolute atomic E-state index is 13.1. The number of nitrogens with zero attached hydrogens (tertiary/aromatic N) is 3. The van der Waals surface area contributed by atoms with Gasteiger partial charge in [0.1, 0.15) is 5.54 Å². The summed E-state index contributed by atoms with van der Waals surface area (Å²) >= 11 is 0. The van der Waals surface area contributed by atoms with E-state index in [-0.39, 0.29) is 30.1 Å². The number of halogens is 1. The summed E-state index contributed by atoms with van der Waals surface area (Å²) in [7, 11) is 3.37. The van der Waals surface area contributed by atoms with Gasteiger partial charge >= 0.3 is 0 Å². The highest BCUT2D eigenvalue weighted by molar-refractivity contribution is 5.86. The lowest BCUT2D eigenvalue weighted by molar-refractivity contribution is -0.143. The van der Waals surface area contributed by atoms with Crippen molar-refractivity contribution in [2.75, 3.05) is 33.7 Å². The predicted octanol–water partition coefficient (Wildman–Crippen LogP) is 0.224. The van der Waals surface area contributed by atoms with Crippen molar-refractivity contribution in [1.82, 2.24) is 25.3 Å². The molecule has 0 radical (unpaired) electrons. The lowest BCUT2D eigenvalue weighted by Crippen LogP contribution is -2.55. The second kappa shape index (κ2) is 8.31. The Labute approximate surface area is 143 Å². The van der Waals surface area contributed by atoms with Crippen LogP contribution in [0.5, 0.6) is 0 Å². The number of hydrogen-bond acceptors (Lipinski definition) is 4. The molecule has 1 atom stereocenters. The molecule has 7 nitrogen and oxygen atoms in total. The van der Waals surface area contributed by atoms with E-state index >= 15 is 0 Å². The van der Waals surface area contributed by atoms with Gasteiger partial charge in [0.05, 0.1) is 5.92 Å². The smallest absolute Gasteiger partial charge is 0.250 e. The molecule has 0 bridgehead atoms. The summed E-state index contributed by atoms with van der Waals surface area (Å²) in [5.74, 6) is -0.276. The fraction of sp³-hybridized carbons (Fsp3) is 0.667. The standard InChI is InChI=1S/C15H25N5O2.ClH/c1-12(13(21)16-2)11-19(3)14(22)15(5-8-17-9-6-15)20-10-4-7-18-20;/h4,7,10,12,17H,5-6,8-9,11H2,1-3H3,(H,16,21);1H. The van der Waals surface area contributed by atoms with Gasteiger partial charge in [0.15, 0.2) is 0 Å². The van der Waals surface area contributed by atoms with Gasteiger partial charge in [-0.25, -0.2) is 0 Å². The van der Waals surface area contributed by atoms with Gasteiger partial charge in [-0.1, -0.05) is 6.92 Å². The molecule has 1 aromatic rings. The first-order valence-corrected chi connectivity index (χ1v) is 7.69. The van der Waals surface area contributed by atoms with E-state index in [0.717, 1.165) is 13.1 Å². The molecular weight excluding hydrogens is 318 g/mol. The van der Waals surface area contributed by atoms with Crippen molar-refractivity contribution in [1.29, 1.82) is 0 Å². The number of carbonyl (C=O) groups excluding carboxylic acids is 2. The number of rotatable bonds is 5. The number of amides is 2.